The van der Waals surface area contributed by atoms with E-state index in [1.54, 1.807) is 6.92 Å². The topological polar surface area (TPSA) is 131 Å². The first-order chi connectivity index (χ1) is 13.7. The third-order valence-corrected chi connectivity index (χ3v) is 3.96. The van der Waals surface area contributed by atoms with Crippen LogP contribution in [0.5, 0.6) is 0 Å². The fraction of sp³-hybridized carbons (Fsp3) is 0.500. The average molecular weight is 406 g/mol. The number of nitrogens with two attached hydrogens (primary N) is 1. The van der Waals surface area contributed by atoms with Gasteiger partial charge in [-0.05, 0) is 17.9 Å². The molecular formula is C20H30N4O5. The molecule has 0 saturated carbocycles. The molecule has 0 aliphatic rings. The molecule has 0 aliphatic heterocycles. The molecule has 0 heterocycles. The molecule has 4 N–H and O–H groups in total. The maximum absolute atomic E-state index is 12.7. The van der Waals surface area contributed by atoms with Gasteiger partial charge in [0.05, 0.1) is 6.54 Å². The summed E-state index contributed by atoms with van der Waals surface area (Å²) < 4.78 is 5.17. The van der Waals surface area contributed by atoms with Crippen LogP contribution in [0.1, 0.15) is 45.6 Å². The first-order valence-corrected chi connectivity index (χ1v) is 9.59. The van der Waals surface area contributed by atoms with Gasteiger partial charge in [-0.15, -0.1) is 0 Å². The number of benzene rings is 1. The molecule has 4 amide bonds. The SMILES string of the molecule is CCC(=O)N(CCC(N)=O)NC(=O)[C@H](CC(C)C)NC(=O)OCc1ccccc1. The smallest absolute Gasteiger partial charge is 0.408 e. The average Bonchev–Trinajstić information content (AvgIpc) is 2.68. The molecule has 0 unspecified atom stereocenters. The summed E-state index contributed by atoms with van der Waals surface area (Å²) in [4.78, 5) is 47.9. The maximum Gasteiger partial charge on any atom is 0.408 e. The van der Waals surface area contributed by atoms with Crippen molar-refractivity contribution in [2.75, 3.05) is 6.54 Å². The fourth-order valence-electron chi connectivity index (χ4n) is 2.48. The lowest BCUT2D eigenvalue weighted by Crippen LogP contribution is -2.55. The molecule has 29 heavy (non-hydrogen) atoms. The summed E-state index contributed by atoms with van der Waals surface area (Å²) in [6, 6.07) is 8.25. The van der Waals surface area contributed by atoms with Crippen LogP contribution in [0, 0.1) is 5.92 Å². The molecule has 0 bridgehead atoms. The van der Waals surface area contributed by atoms with Gasteiger partial charge in [-0.3, -0.25) is 24.8 Å². The van der Waals surface area contributed by atoms with Gasteiger partial charge in [0, 0.05) is 12.8 Å². The molecule has 9 heteroatoms. The maximum atomic E-state index is 12.7. The van der Waals surface area contributed by atoms with Crippen molar-refractivity contribution in [3.63, 3.8) is 0 Å². The molecule has 1 aromatic rings. The number of nitrogens with zero attached hydrogens (tertiary/aromatic N) is 1. The normalized spacial score (nSPS) is 11.4. The zero-order valence-corrected chi connectivity index (χ0v) is 17.1. The highest BCUT2D eigenvalue weighted by Gasteiger charge is 2.25. The number of rotatable bonds is 10. The van der Waals surface area contributed by atoms with Crippen molar-refractivity contribution in [1.29, 1.82) is 0 Å². The molecule has 0 aliphatic carbocycles. The van der Waals surface area contributed by atoms with Crippen molar-refractivity contribution >= 4 is 23.8 Å². The van der Waals surface area contributed by atoms with Crippen molar-refractivity contribution < 1.29 is 23.9 Å². The number of hydrazine groups is 1. The van der Waals surface area contributed by atoms with E-state index in [1.165, 1.54) is 0 Å². The molecule has 0 radical (unpaired) electrons. The van der Waals surface area contributed by atoms with Gasteiger partial charge in [-0.1, -0.05) is 51.1 Å². The van der Waals surface area contributed by atoms with Crippen molar-refractivity contribution in [2.45, 2.75) is 52.7 Å². The van der Waals surface area contributed by atoms with Gasteiger partial charge < -0.3 is 15.8 Å². The Balaban J connectivity index is 2.72. The van der Waals surface area contributed by atoms with E-state index in [4.69, 9.17) is 10.5 Å². The number of ether oxygens (including phenoxy) is 1. The zero-order valence-electron chi connectivity index (χ0n) is 17.1. The lowest BCUT2D eigenvalue weighted by molar-refractivity contribution is -0.142. The zero-order chi connectivity index (χ0) is 21.8. The van der Waals surface area contributed by atoms with Crippen LogP contribution in [0.3, 0.4) is 0 Å². The van der Waals surface area contributed by atoms with Gasteiger partial charge in [0.15, 0.2) is 0 Å². The predicted molar refractivity (Wildman–Crippen MR) is 107 cm³/mol. The summed E-state index contributed by atoms with van der Waals surface area (Å²) in [5.41, 5.74) is 8.42. The van der Waals surface area contributed by atoms with Crippen LogP contribution in [0.25, 0.3) is 0 Å². The largest absolute Gasteiger partial charge is 0.445 e. The van der Waals surface area contributed by atoms with Gasteiger partial charge in [0.1, 0.15) is 12.6 Å². The number of alkyl carbamates (subject to hydrolysis) is 1. The Labute approximate surface area is 170 Å². The molecule has 1 rings (SSSR count). The summed E-state index contributed by atoms with van der Waals surface area (Å²) in [5.74, 6) is -1.42. The van der Waals surface area contributed by atoms with E-state index in [0.717, 1.165) is 10.6 Å². The van der Waals surface area contributed by atoms with Gasteiger partial charge >= 0.3 is 6.09 Å². The quantitative estimate of drug-likeness (QED) is 0.507. The summed E-state index contributed by atoms with van der Waals surface area (Å²) >= 11 is 0. The van der Waals surface area contributed by atoms with Crippen LogP contribution in [0.4, 0.5) is 4.79 Å². The Bertz CT molecular complexity index is 693. The van der Waals surface area contributed by atoms with Crippen LogP contribution < -0.4 is 16.5 Å². The standard InChI is InChI=1S/C20H30N4O5/c1-4-18(26)24(11-10-17(21)25)23-19(27)16(12-14(2)3)22-20(28)29-13-15-8-6-5-7-9-15/h5-9,14,16H,4,10-13H2,1-3H3,(H2,21,25)(H,22,28)(H,23,27)/t16-/m0/s1. The first kappa shape index (κ1) is 23.9. The Morgan fingerprint density at radius 3 is 2.34 bits per heavy atom. The highest BCUT2D eigenvalue weighted by molar-refractivity contribution is 5.88. The van der Waals surface area contributed by atoms with E-state index in [1.807, 2.05) is 44.2 Å². The van der Waals surface area contributed by atoms with E-state index in [-0.39, 0.29) is 37.8 Å². The minimum absolute atomic E-state index is 0.0411. The Morgan fingerprint density at radius 2 is 1.79 bits per heavy atom. The van der Waals surface area contributed by atoms with Gasteiger partial charge in [-0.2, -0.15) is 0 Å². The molecule has 0 aromatic heterocycles. The number of primary amides is 1. The number of nitrogens with one attached hydrogen (secondary N) is 2. The van der Waals surface area contributed by atoms with Crippen LogP contribution in [-0.4, -0.2) is 41.4 Å². The first-order valence-electron chi connectivity index (χ1n) is 9.59. The molecule has 1 atom stereocenters. The number of carbonyl (C=O) groups excluding carboxylic acids is 4. The van der Waals surface area contributed by atoms with Crippen LogP contribution in [0.2, 0.25) is 0 Å². The number of amides is 4. The minimum atomic E-state index is -0.904. The Morgan fingerprint density at radius 1 is 1.14 bits per heavy atom. The van der Waals surface area contributed by atoms with E-state index in [2.05, 4.69) is 10.7 Å². The fourth-order valence-corrected chi connectivity index (χ4v) is 2.48. The van der Waals surface area contributed by atoms with E-state index >= 15 is 0 Å². The second-order valence-corrected chi connectivity index (χ2v) is 6.98. The van der Waals surface area contributed by atoms with Gasteiger partial charge in [-0.25, -0.2) is 4.79 Å². The van der Waals surface area contributed by atoms with E-state index in [0.29, 0.717) is 6.42 Å². The molecule has 1 aromatic carbocycles. The van der Waals surface area contributed by atoms with Crippen molar-refractivity contribution in [1.82, 2.24) is 15.8 Å². The lowest BCUT2D eigenvalue weighted by Gasteiger charge is -2.26. The van der Waals surface area contributed by atoms with Crippen molar-refractivity contribution in [3.05, 3.63) is 35.9 Å². The molecule has 9 nitrogen and oxygen atoms in total. The van der Waals surface area contributed by atoms with Crippen molar-refractivity contribution in [3.8, 4) is 0 Å². The Kier molecular flexibility index (Phi) is 10.2. The van der Waals surface area contributed by atoms with Gasteiger partial charge in [0.25, 0.3) is 5.91 Å². The van der Waals surface area contributed by atoms with Crippen LogP contribution in [-0.2, 0) is 25.7 Å². The second-order valence-electron chi connectivity index (χ2n) is 6.98. The highest BCUT2D eigenvalue weighted by Crippen LogP contribution is 2.07. The molecular weight excluding hydrogens is 376 g/mol. The molecule has 0 spiro atoms. The summed E-state index contributed by atoms with van der Waals surface area (Å²) in [5, 5.41) is 3.60. The monoisotopic (exact) mass is 406 g/mol. The predicted octanol–water partition coefficient (Wildman–Crippen LogP) is 1.47. The van der Waals surface area contributed by atoms with Crippen LogP contribution in [0.15, 0.2) is 30.3 Å². The Hall–Kier alpha value is -3.10. The second kappa shape index (κ2) is 12.4. The number of carbonyl (C=O) groups is 4. The summed E-state index contributed by atoms with van der Waals surface area (Å²) in [7, 11) is 0. The molecule has 160 valence electrons. The minimum Gasteiger partial charge on any atom is -0.445 e. The summed E-state index contributed by atoms with van der Waals surface area (Å²) in [6.07, 6.45) is -0.343. The van der Waals surface area contributed by atoms with Gasteiger partial charge in [0.2, 0.25) is 11.8 Å². The molecule has 0 saturated heterocycles. The number of hydrogen-bond acceptors (Lipinski definition) is 5. The van der Waals surface area contributed by atoms with E-state index in [9.17, 15) is 19.2 Å². The van der Waals surface area contributed by atoms with E-state index < -0.39 is 23.9 Å². The van der Waals surface area contributed by atoms with Crippen LogP contribution >= 0.6 is 0 Å². The third kappa shape index (κ3) is 9.59. The lowest BCUT2D eigenvalue weighted by atomic mass is 10.0. The molecule has 0 fully saturated rings. The third-order valence-electron chi connectivity index (χ3n) is 3.96. The number of hydrogen-bond donors (Lipinski definition) is 3. The highest BCUT2D eigenvalue weighted by atomic mass is 16.5. The summed E-state index contributed by atoms with van der Waals surface area (Å²) in [6.45, 7) is 5.47. The van der Waals surface area contributed by atoms with Crippen molar-refractivity contribution in [2.24, 2.45) is 11.7 Å².